The minimum absolute atomic E-state index is 0.931. The van der Waals surface area contributed by atoms with E-state index in [-0.39, 0.29) is 0 Å². The number of hydrogen-bond donors (Lipinski definition) is 2. The zero-order valence-corrected chi connectivity index (χ0v) is 12.3. The fourth-order valence-electron chi connectivity index (χ4n) is 0. The van der Waals surface area contributed by atoms with Crippen LogP contribution in [0.15, 0.2) is 0 Å². The molecule has 0 amide bonds. The monoisotopic (exact) mass is 196 g/mol. The summed E-state index contributed by atoms with van der Waals surface area (Å²) in [4.78, 5) is 0. The van der Waals surface area contributed by atoms with E-state index in [1.54, 1.807) is 27.7 Å². The lowest BCUT2D eigenvalue weighted by Crippen LogP contribution is -2.44. The van der Waals surface area contributed by atoms with Crippen molar-refractivity contribution in [2.45, 2.75) is 38.9 Å². The lowest BCUT2D eigenvalue weighted by atomic mass is 9.90. The topological polar surface area (TPSA) is 49.7 Å². The summed E-state index contributed by atoms with van der Waals surface area (Å²) in [5, 5.41) is 18.2. The zero-order valence-electron chi connectivity index (χ0n) is 8.30. The van der Waals surface area contributed by atoms with Gasteiger partial charge in [0.2, 0.25) is 0 Å². The van der Waals surface area contributed by atoms with Crippen molar-refractivity contribution < 1.29 is 14.3 Å². The van der Waals surface area contributed by atoms with Crippen LogP contribution in [0, 0.1) is 0 Å². The molecule has 0 aliphatic carbocycles. The van der Waals surface area contributed by atoms with Crippen molar-refractivity contribution in [2.75, 3.05) is 0 Å². The van der Waals surface area contributed by atoms with Crippen molar-refractivity contribution in [3.63, 3.8) is 0 Å². The van der Waals surface area contributed by atoms with Crippen LogP contribution in [0.5, 0.6) is 0 Å². The van der Waals surface area contributed by atoms with E-state index in [1.165, 1.54) is 0 Å². The molecule has 0 saturated heterocycles. The van der Waals surface area contributed by atoms with E-state index in [9.17, 15) is 0 Å². The summed E-state index contributed by atoms with van der Waals surface area (Å²) in [6.45, 7) is 6.31. The molecule has 2 N–H and O–H groups in total. The van der Waals surface area contributed by atoms with E-state index >= 15 is 0 Å². The fraction of sp³-hybridized carbons (Fsp3) is 1.00. The molecular formula is C6H20O3Si2. The summed E-state index contributed by atoms with van der Waals surface area (Å²) in [6, 6.07) is 0. The Balaban J connectivity index is 0. The maximum Gasteiger partial charge on any atom is 0.129 e. The summed E-state index contributed by atoms with van der Waals surface area (Å²) in [5.41, 5.74) is -2.01. The van der Waals surface area contributed by atoms with Gasteiger partial charge in [0.25, 0.3) is 0 Å². The predicted molar refractivity (Wildman–Crippen MR) is 53.6 cm³/mol. The Morgan fingerprint density at radius 3 is 1.00 bits per heavy atom. The Bertz CT molecular complexity index is 81.0. The highest BCUT2D eigenvalue weighted by Crippen LogP contribution is 2.19. The van der Waals surface area contributed by atoms with Gasteiger partial charge in [-0.25, -0.2) is 0 Å². The maximum absolute atomic E-state index is 9.10. The molecule has 0 heterocycles. The number of hydrogen-bond acceptors (Lipinski definition) is 3. The molecule has 70 valence electrons. The third-order valence-electron chi connectivity index (χ3n) is 1.50. The van der Waals surface area contributed by atoms with Gasteiger partial charge in [-0.05, 0) is 27.7 Å². The summed E-state index contributed by atoms with van der Waals surface area (Å²) in [7, 11) is 1.86. The van der Waals surface area contributed by atoms with Gasteiger partial charge in [-0.3, -0.25) is 0 Å². The second-order valence-electron chi connectivity index (χ2n) is 3.53. The molecule has 11 heavy (non-hydrogen) atoms. The first-order valence-electron chi connectivity index (χ1n) is 3.51. The smallest absolute Gasteiger partial charge is 0.129 e. The first-order chi connectivity index (χ1) is 4.66. The molecular weight excluding hydrogens is 176 g/mol. The average Bonchev–Trinajstić information content (AvgIpc) is 1.60. The molecule has 0 aliphatic rings. The van der Waals surface area contributed by atoms with Crippen LogP contribution >= 0.6 is 0 Å². The van der Waals surface area contributed by atoms with Gasteiger partial charge in [0.05, 0.1) is 11.2 Å². The van der Waals surface area contributed by atoms with Gasteiger partial charge in [-0.15, -0.1) is 0 Å². The quantitative estimate of drug-likeness (QED) is 0.481. The zero-order chi connectivity index (χ0) is 9.71. The van der Waals surface area contributed by atoms with Crippen LogP contribution in [-0.4, -0.2) is 42.4 Å². The Hall–Kier alpha value is 0.314. The van der Waals surface area contributed by atoms with Gasteiger partial charge in [0.1, 0.15) is 21.0 Å². The maximum atomic E-state index is 9.10. The lowest BCUT2D eigenvalue weighted by Gasteiger charge is -2.31. The van der Waals surface area contributed by atoms with E-state index in [4.69, 9.17) is 10.2 Å². The first-order valence-corrected chi connectivity index (χ1v) is 5.15. The second kappa shape index (κ2) is 5.05. The molecule has 0 saturated carbocycles. The Morgan fingerprint density at radius 2 is 1.00 bits per heavy atom. The molecule has 0 unspecified atom stereocenters. The van der Waals surface area contributed by atoms with Crippen molar-refractivity contribution in [3.8, 4) is 0 Å². The van der Waals surface area contributed by atoms with E-state index in [0.29, 0.717) is 0 Å². The Morgan fingerprint density at radius 1 is 0.909 bits per heavy atom. The standard InChI is InChI=1S/C6H14O2.H6OSi2/c1-5(2,7)6(3,4)8;2-1-3/h7-8H,1-4H3;2-3H3. The van der Waals surface area contributed by atoms with Crippen molar-refractivity contribution in [1.29, 1.82) is 0 Å². The molecule has 0 bridgehead atoms. The van der Waals surface area contributed by atoms with Crippen LogP contribution in [0.1, 0.15) is 27.7 Å². The van der Waals surface area contributed by atoms with Crippen LogP contribution < -0.4 is 0 Å². The van der Waals surface area contributed by atoms with Gasteiger partial charge in [-0.1, -0.05) is 0 Å². The highest BCUT2D eigenvalue weighted by molar-refractivity contribution is 6.15. The summed E-state index contributed by atoms with van der Waals surface area (Å²) in [5.74, 6) is 0. The lowest BCUT2D eigenvalue weighted by molar-refractivity contribution is -0.107. The minimum Gasteiger partial charge on any atom is -0.471 e. The van der Waals surface area contributed by atoms with E-state index in [0.717, 1.165) is 21.0 Å². The molecule has 0 aromatic carbocycles. The van der Waals surface area contributed by atoms with Gasteiger partial charge in [0.15, 0.2) is 0 Å². The van der Waals surface area contributed by atoms with E-state index < -0.39 is 11.2 Å². The minimum atomic E-state index is -1.01. The summed E-state index contributed by atoms with van der Waals surface area (Å²) >= 11 is 0. The number of rotatable bonds is 1. The largest absolute Gasteiger partial charge is 0.471 e. The third kappa shape index (κ3) is 8.22. The fourth-order valence-corrected chi connectivity index (χ4v) is 0. The third-order valence-corrected chi connectivity index (χ3v) is 1.50. The van der Waals surface area contributed by atoms with Crippen LogP contribution in [0.2, 0.25) is 0 Å². The van der Waals surface area contributed by atoms with Gasteiger partial charge < -0.3 is 14.3 Å². The molecule has 0 radical (unpaired) electrons. The highest BCUT2D eigenvalue weighted by Gasteiger charge is 2.31. The summed E-state index contributed by atoms with van der Waals surface area (Å²) < 4.78 is 4.53. The van der Waals surface area contributed by atoms with Crippen LogP contribution in [0.3, 0.4) is 0 Å². The van der Waals surface area contributed by atoms with Gasteiger partial charge >= 0.3 is 0 Å². The molecule has 0 aliphatic heterocycles. The molecule has 0 fully saturated rings. The average molecular weight is 196 g/mol. The molecule has 3 nitrogen and oxygen atoms in total. The van der Waals surface area contributed by atoms with Crippen molar-refractivity contribution in [1.82, 2.24) is 0 Å². The van der Waals surface area contributed by atoms with Crippen LogP contribution in [0.4, 0.5) is 0 Å². The molecule has 0 rings (SSSR count). The Labute approximate surface area is 74.9 Å². The van der Waals surface area contributed by atoms with E-state index in [2.05, 4.69) is 4.12 Å². The SMILES string of the molecule is CC(C)(O)C(C)(C)O.[SiH3]O[SiH3]. The molecule has 0 aromatic rings. The summed E-state index contributed by atoms with van der Waals surface area (Å²) in [6.07, 6.45) is 0. The second-order valence-corrected chi connectivity index (χ2v) is 6.79. The van der Waals surface area contributed by atoms with Crippen molar-refractivity contribution >= 4 is 21.0 Å². The van der Waals surface area contributed by atoms with Gasteiger partial charge in [0, 0.05) is 0 Å². The van der Waals surface area contributed by atoms with Gasteiger partial charge in [-0.2, -0.15) is 0 Å². The van der Waals surface area contributed by atoms with E-state index in [1.807, 2.05) is 0 Å². The van der Waals surface area contributed by atoms with Crippen molar-refractivity contribution in [2.24, 2.45) is 0 Å². The van der Waals surface area contributed by atoms with Crippen LogP contribution in [-0.2, 0) is 4.12 Å². The van der Waals surface area contributed by atoms with Crippen molar-refractivity contribution in [3.05, 3.63) is 0 Å². The normalized spacial score (nSPS) is 12.5. The highest BCUT2D eigenvalue weighted by atomic mass is 28.3. The van der Waals surface area contributed by atoms with Crippen LogP contribution in [0.25, 0.3) is 0 Å². The predicted octanol–water partition coefficient (Wildman–Crippen LogP) is -1.91. The molecule has 0 aromatic heterocycles. The molecule has 5 heteroatoms. The Kier molecular flexibility index (Phi) is 6.37. The molecule has 0 atom stereocenters. The first kappa shape index (κ1) is 13.9. The molecule has 0 spiro atoms. The number of aliphatic hydroxyl groups is 2.